The number of ketones is 1. The summed E-state index contributed by atoms with van der Waals surface area (Å²) in [5.74, 6) is 0.0214. The van der Waals surface area contributed by atoms with Gasteiger partial charge >= 0.3 is 0 Å². The van der Waals surface area contributed by atoms with E-state index in [4.69, 9.17) is 0 Å². The van der Waals surface area contributed by atoms with Crippen LogP contribution in [0.15, 0.2) is 36.7 Å². The molecule has 0 aliphatic carbocycles. The van der Waals surface area contributed by atoms with E-state index >= 15 is 0 Å². The first-order valence-corrected chi connectivity index (χ1v) is 5.54. The van der Waals surface area contributed by atoms with Gasteiger partial charge in [0.25, 0.3) is 0 Å². The summed E-state index contributed by atoms with van der Waals surface area (Å²) in [6, 6.07) is 7.54. The van der Waals surface area contributed by atoms with Gasteiger partial charge in [0.2, 0.25) is 0 Å². The average Bonchev–Trinajstić information content (AvgIpc) is 2.65. The summed E-state index contributed by atoms with van der Waals surface area (Å²) in [6.07, 6.45) is 3.32. The number of hydrogen-bond donors (Lipinski definition) is 0. The van der Waals surface area contributed by atoms with E-state index < -0.39 is 0 Å². The first-order valence-electron chi connectivity index (χ1n) is 4.46. The van der Waals surface area contributed by atoms with Crippen molar-refractivity contribution in [1.29, 1.82) is 0 Å². The molecular formula is C11H9IN2O. The van der Waals surface area contributed by atoms with Gasteiger partial charge in [-0.25, -0.2) is 0 Å². The average molecular weight is 312 g/mol. The van der Waals surface area contributed by atoms with Gasteiger partial charge in [-0.05, 0) is 34.7 Å². The van der Waals surface area contributed by atoms with Crippen molar-refractivity contribution in [3.63, 3.8) is 0 Å². The quantitative estimate of drug-likeness (QED) is 0.630. The largest absolute Gasteiger partial charge is 0.288 e. The molecule has 0 aliphatic heterocycles. The lowest BCUT2D eigenvalue weighted by molar-refractivity contribution is 0.103. The van der Waals surface area contributed by atoms with Gasteiger partial charge in [0.05, 0.1) is 11.8 Å². The molecule has 0 unspecified atom stereocenters. The zero-order valence-corrected chi connectivity index (χ0v) is 10.3. The van der Waals surface area contributed by atoms with Crippen molar-refractivity contribution in [3.8, 4) is 0 Å². The van der Waals surface area contributed by atoms with Crippen LogP contribution < -0.4 is 0 Å². The van der Waals surface area contributed by atoms with E-state index in [1.165, 1.54) is 0 Å². The summed E-state index contributed by atoms with van der Waals surface area (Å²) < 4.78 is 2.59. The predicted octanol–water partition coefficient (Wildman–Crippen LogP) is 2.26. The van der Waals surface area contributed by atoms with Crippen molar-refractivity contribution in [2.24, 2.45) is 7.05 Å². The zero-order chi connectivity index (χ0) is 10.8. The highest BCUT2D eigenvalue weighted by molar-refractivity contribution is 14.1. The lowest BCUT2D eigenvalue weighted by atomic mass is 10.1. The van der Waals surface area contributed by atoms with Crippen LogP contribution in [0.3, 0.4) is 0 Å². The summed E-state index contributed by atoms with van der Waals surface area (Å²) in [6.45, 7) is 0. The van der Waals surface area contributed by atoms with Crippen LogP contribution in [0, 0.1) is 3.57 Å². The maximum atomic E-state index is 12.0. The van der Waals surface area contributed by atoms with Gasteiger partial charge in [-0.3, -0.25) is 9.48 Å². The summed E-state index contributed by atoms with van der Waals surface area (Å²) in [4.78, 5) is 12.0. The number of carbonyl (C=O) groups excluding carboxylic acids is 1. The second-order valence-electron chi connectivity index (χ2n) is 3.21. The van der Waals surface area contributed by atoms with Crippen LogP contribution in [0.2, 0.25) is 0 Å². The second-order valence-corrected chi connectivity index (χ2v) is 4.37. The normalized spacial score (nSPS) is 10.3. The van der Waals surface area contributed by atoms with Crippen molar-refractivity contribution in [2.45, 2.75) is 0 Å². The SMILES string of the molecule is Cn1cc(C(=O)c2ccccc2I)cn1. The summed E-state index contributed by atoms with van der Waals surface area (Å²) in [7, 11) is 1.80. The Morgan fingerprint density at radius 1 is 1.40 bits per heavy atom. The van der Waals surface area contributed by atoms with E-state index in [-0.39, 0.29) is 5.78 Å². The molecule has 0 amide bonds. The molecule has 0 aliphatic rings. The molecule has 0 saturated carbocycles. The van der Waals surface area contributed by atoms with E-state index in [1.54, 1.807) is 24.1 Å². The number of benzene rings is 1. The highest BCUT2D eigenvalue weighted by Crippen LogP contribution is 2.15. The number of aryl methyl sites for hydroxylation is 1. The summed E-state index contributed by atoms with van der Waals surface area (Å²) in [5.41, 5.74) is 1.35. The second kappa shape index (κ2) is 4.14. The third-order valence-corrected chi connectivity index (χ3v) is 3.03. The number of hydrogen-bond acceptors (Lipinski definition) is 2. The van der Waals surface area contributed by atoms with Crippen LogP contribution in [0.5, 0.6) is 0 Å². The lowest BCUT2D eigenvalue weighted by Gasteiger charge is -2.00. The Kier molecular flexibility index (Phi) is 2.86. The number of halogens is 1. The van der Waals surface area contributed by atoms with Gasteiger partial charge < -0.3 is 0 Å². The minimum Gasteiger partial charge on any atom is -0.288 e. The number of aromatic nitrogens is 2. The standard InChI is InChI=1S/C11H9IN2O/c1-14-7-8(6-13-14)11(15)9-4-2-3-5-10(9)12/h2-7H,1H3. The fourth-order valence-corrected chi connectivity index (χ4v) is 1.97. The molecule has 0 radical (unpaired) electrons. The molecule has 0 spiro atoms. The van der Waals surface area contributed by atoms with Crippen molar-refractivity contribution < 1.29 is 4.79 Å². The molecule has 1 aromatic heterocycles. The van der Waals surface area contributed by atoms with Gasteiger partial charge in [-0.2, -0.15) is 5.10 Å². The Hall–Kier alpha value is -1.17. The van der Waals surface area contributed by atoms with Crippen LogP contribution in [-0.2, 0) is 7.05 Å². The molecule has 0 N–H and O–H groups in total. The molecule has 15 heavy (non-hydrogen) atoms. The van der Waals surface area contributed by atoms with Crippen molar-refractivity contribution >= 4 is 28.4 Å². The van der Waals surface area contributed by atoms with Crippen molar-refractivity contribution in [2.75, 3.05) is 0 Å². The van der Waals surface area contributed by atoms with Gasteiger partial charge in [0, 0.05) is 22.4 Å². The van der Waals surface area contributed by atoms with Crippen LogP contribution in [-0.4, -0.2) is 15.6 Å². The number of nitrogens with zero attached hydrogens (tertiary/aromatic N) is 2. The van der Waals surface area contributed by atoms with E-state index in [0.717, 1.165) is 9.13 Å². The van der Waals surface area contributed by atoms with Gasteiger partial charge in [-0.1, -0.05) is 12.1 Å². The number of carbonyl (C=O) groups is 1. The minimum absolute atomic E-state index is 0.0214. The molecule has 76 valence electrons. The first-order chi connectivity index (χ1) is 7.18. The fourth-order valence-electron chi connectivity index (χ4n) is 1.34. The molecule has 1 aromatic carbocycles. The third-order valence-electron chi connectivity index (χ3n) is 2.09. The van der Waals surface area contributed by atoms with Crippen LogP contribution in [0.1, 0.15) is 15.9 Å². The molecule has 0 fully saturated rings. The molecule has 2 rings (SSSR count). The highest BCUT2D eigenvalue weighted by Gasteiger charge is 2.12. The van der Waals surface area contributed by atoms with E-state index in [0.29, 0.717) is 5.56 Å². The topological polar surface area (TPSA) is 34.9 Å². The zero-order valence-electron chi connectivity index (χ0n) is 8.14. The molecule has 0 saturated heterocycles. The van der Waals surface area contributed by atoms with Crippen LogP contribution >= 0.6 is 22.6 Å². The van der Waals surface area contributed by atoms with Crippen molar-refractivity contribution in [1.82, 2.24) is 9.78 Å². The minimum atomic E-state index is 0.0214. The monoisotopic (exact) mass is 312 g/mol. The molecule has 4 heteroatoms. The van der Waals surface area contributed by atoms with E-state index in [9.17, 15) is 4.79 Å². The number of rotatable bonds is 2. The van der Waals surface area contributed by atoms with Gasteiger partial charge in [-0.15, -0.1) is 0 Å². The fraction of sp³-hybridized carbons (Fsp3) is 0.0909. The Labute approximate surface area is 101 Å². The maximum Gasteiger partial charge on any atom is 0.197 e. The van der Waals surface area contributed by atoms with E-state index in [2.05, 4.69) is 27.7 Å². The predicted molar refractivity (Wildman–Crippen MR) is 65.8 cm³/mol. The van der Waals surface area contributed by atoms with Crippen molar-refractivity contribution in [3.05, 3.63) is 51.4 Å². The Bertz CT molecular complexity index is 505. The molecular weight excluding hydrogens is 303 g/mol. The van der Waals surface area contributed by atoms with Crippen LogP contribution in [0.4, 0.5) is 0 Å². The Morgan fingerprint density at radius 3 is 2.73 bits per heavy atom. The summed E-state index contributed by atoms with van der Waals surface area (Å²) >= 11 is 2.16. The third kappa shape index (κ3) is 2.09. The van der Waals surface area contributed by atoms with E-state index in [1.807, 2.05) is 24.3 Å². The molecule has 1 heterocycles. The molecule has 3 nitrogen and oxygen atoms in total. The lowest BCUT2D eigenvalue weighted by Crippen LogP contribution is -2.02. The smallest absolute Gasteiger partial charge is 0.197 e. The summed E-state index contributed by atoms with van der Waals surface area (Å²) in [5, 5.41) is 3.99. The van der Waals surface area contributed by atoms with Gasteiger partial charge in [0.1, 0.15) is 0 Å². The van der Waals surface area contributed by atoms with Crippen LogP contribution in [0.25, 0.3) is 0 Å². The molecule has 2 aromatic rings. The Balaban J connectivity index is 2.41. The molecule has 0 bridgehead atoms. The highest BCUT2D eigenvalue weighted by atomic mass is 127. The maximum absolute atomic E-state index is 12.0. The molecule has 0 atom stereocenters. The Morgan fingerprint density at radius 2 is 2.13 bits per heavy atom. The van der Waals surface area contributed by atoms with Gasteiger partial charge in [0.15, 0.2) is 5.78 Å². The first kappa shape index (κ1) is 10.4.